The van der Waals surface area contributed by atoms with Crippen molar-refractivity contribution in [2.75, 3.05) is 54.1 Å². The summed E-state index contributed by atoms with van der Waals surface area (Å²) in [6.45, 7) is 7.72. The van der Waals surface area contributed by atoms with Gasteiger partial charge in [0.25, 0.3) is 0 Å². The Hall–Kier alpha value is -1.34. The topological polar surface area (TPSA) is 75.2 Å². The van der Waals surface area contributed by atoms with Gasteiger partial charge in [0.05, 0.1) is 11.5 Å². The lowest BCUT2D eigenvalue weighted by molar-refractivity contribution is -0.128. The van der Waals surface area contributed by atoms with Crippen molar-refractivity contribution in [3.8, 4) is 0 Å². The van der Waals surface area contributed by atoms with Crippen LogP contribution in [0.25, 0.3) is 0 Å². The Bertz CT molecular complexity index is 405. The second kappa shape index (κ2) is 10.5. The molecule has 0 saturated carbocycles. The number of ether oxygens (including phenoxy) is 2. The molecule has 0 aromatic carbocycles. The molecule has 1 amide bonds. The van der Waals surface area contributed by atoms with Crippen LogP contribution in [0.3, 0.4) is 0 Å². The maximum absolute atomic E-state index is 11.9. The van der Waals surface area contributed by atoms with Crippen LogP contribution in [-0.4, -0.2) is 76.9 Å². The van der Waals surface area contributed by atoms with E-state index in [-0.39, 0.29) is 5.91 Å². The van der Waals surface area contributed by atoms with E-state index in [0.29, 0.717) is 12.6 Å². The molecule has 24 heavy (non-hydrogen) atoms. The first-order valence-corrected chi connectivity index (χ1v) is 8.73. The second-order valence-corrected chi connectivity index (χ2v) is 6.77. The first-order valence-electron chi connectivity index (χ1n) is 8.73. The summed E-state index contributed by atoms with van der Waals surface area (Å²) in [4.78, 5) is 18.5. The Morgan fingerprint density at radius 3 is 2.50 bits per heavy atom. The van der Waals surface area contributed by atoms with E-state index in [1.807, 2.05) is 13.8 Å². The molecule has 0 atom stereocenters. The lowest BCUT2D eigenvalue weighted by atomic mass is 9.92. The predicted octanol–water partition coefficient (Wildman–Crippen LogP) is 0.852. The zero-order valence-electron chi connectivity index (χ0n) is 15.9. The number of likely N-dealkylation sites (tertiary alicyclic amines) is 1. The van der Waals surface area contributed by atoms with Gasteiger partial charge < -0.3 is 25.0 Å². The van der Waals surface area contributed by atoms with Gasteiger partial charge in [-0.3, -0.25) is 9.79 Å². The molecule has 1 heterocycles. The molecule has 1 saturated heterocycles. The first-order chi connectivity index (χ1) is 11.4. The molecule has 140 valence electrons. The van der Waals surface area contributed by atoms with Crippen molar-refractivity contribution in [1.29, 1.82) is 0 Å². The van der Waals surface area contributed by atoms with Gasteiger partial charge in [0.15, 0.2) is 5.96 Å². The number of hydrogen-bond acceptors (Lipinski definition) is 4. The zero-order chi connectivity index (χ0) is 18.0. The van der Waals surface area contributed by atoms with Gasteiger partial charge in [-0.25, -0.2) is 0 Å². The Balaban J connectivity index is 2.37. The van der Waals surface area contributed by atoms with E-state index in [4.69, 9.17) is 9.47 Å². The number of hydrogen-bond donors (Lipinski definition) is 2. The van der Waals surface area contributed by atoms with Crippen molar-refractivity contribution < 1.29 is 14.3 Å². The highest BCUT2D eigenvalue weighted by Gasteiger charge is 2.28. The van der Waals surface area contributed by atoms with E-state index >= 15 is 0 Å². The SMILES string of the molecule is CN=C(NCC(C)(C)C(=O)NC)N1CCC(OCCCOC)CC1. The van der Waals surface area contributed by atoms with E-state index in [0.717, 1.165) is 51.5 Å². The molecular formula is C17H34N4O3. The monoisotopic (exact) mass is 342 g/mol. The highest BCUT2D eigenvalue weighted by Crippen LogP contribution is 2.16. The summed E-state index contributed by atoms with van der Waals surface area (Å²) >= 11 is 0. The summed E-state index contributed by atoms with van der Waals surface area (Å²) < 4.78 is 10.9. The molecule has 0 aliphatic carbocycles. The summed E-state index contributed by atoms with van der Waals surface area (Å²) in [5, 5.41) is 6.03. The van der Waals surface area contributed by atoms with Crippen molar-refractivity contribution in [2.45, 2.75) is 39.2 Å². The van der Waals surface area contributed by atoms with Crippen LogP contribution >= 0.6 is 0 Å². The largest absolute Gasteiger partial charge is 0.385 e. The number of nitrogens with zero attached hydrogens (tertiary/aromatic N) is 2. The van der Waals surface area contributed by atoms with E-state index in [2.05, 4.69) is 20.5 Å². The van der Waals surface area contributed by atoms with Gasteiger partial charge in [0.1, 0.15) is 0 Å². The number of rotatable bonds is 8. The van der Waals surface area contributed by atoms with Crippen LogP contribution in [0.15, 0.2) is 4.99 Å². The number of piperidine rings is 1. The van der Waals surface area contributed by atoms with Gasteiger partial charge in [-0.05, 0) is 33.1 Å². The molecule has 7 heteroatoms. The number of amides is 1. The van der Waals surface area contributed by atoms with Gasteiger partial charge in [0.2, 0.25) is 5.91 Å². The predicted molar refractivity (Wildman–Crippen MR) is 96.2 cm³/mol. The molecule has 1 aliphatic heterocycles. The number of aliphatic imine (C=N–C) groups is 1. The van der Waals surface area contributed by atoms with Crippen molar-refractivity contribution in [3.63, 3.8) is 0 Å². The van der Waals surface area contributed by atoms with Crippen LogP contribution in [0, 0.1) is 5.41 Å². The van der Waals surface area contributed by atoms with E-state index < -0.39 is 5.41 Å². The maximum Gasteiger partial charge on any atom is 0.227 e. The van der Waals surface area contributed by atoms with Crippen LogP contribution in [-0.2, 0) is 14.3 Å². The van der Waals surface area contributed by atoms with Crippen LogP contribution in [0.4, 0.5) is 0 Å². The standard InChI is InChI=1S/C17H34N4O3/c1-17(2,15(22)18-3)13-20-16(19-4)21-9-7-14(8-10-21)24-12-6-11-23-5/h14H,6-13H2,1-5H3,(H,18,22)(H,19,20). The summed E-state index contributed by atoms with van der Waals surface area (Å²) in [5.74, 6) is 0.874. The number of nitrogens with one attached hydrogen (secondary N) is 2. The van der Waals surface area contributed by atoms with Crippen molar-refractivity contribution in [1.82, 2.24) is 15.5 Å². The summed E-state index contributed by atoms with van der Waals surface area (Å²) in [7, 11) is 5.15. The van der Waals surface area contributed by atoms with Crippen LogP contribution < -0.4 is 10.6 Å². The van der Waals surface area contributed by atoms with Gasteiger partial charge >= 0.3 is 0 Å². The van der Waals surface area contributed by atoms with Crippen molar-refractivity contribution in [3.05, 3.63) is 0 Å². The van der Waals surface area contributed by atoms with Gasteiger partial charge in [0, 0.05) is 54.1 Å². The molecule has 0 unspecified atom stereocenters. The normalized spacial score (nSPS) is 17.0. The molecule has 1 aliphatic rings. The van der Waals surface area contributed by atoms with Crippen molar-refractivity contribution in [2.24, 2.45) is 10.4 Å². The summed E-state index contributed by atoms with van der Waals surface area (Å²) in [6, 6.07) is 0. The minimum atomic E-state index is -0.479. The third-order valence-electron chi connectivity index (χ3n) is 4.33. The lowest BCUT2D eigenvalue weighted by Crippen LogP contribution is -2.51. The average molecular weight is 342 g/mol. The van der Waals surface area contributed by atoms with E-state index in [1.165, 1.54) is 0 Å². The number of carbonyl (C=O) groups is 1. The fourth-order valence-corrected chi connectivity index (χ4v) is 2.74. The molecule has 2 N–H and O–H groups in total. The van der Waals surface area contributed by atoms with Crippen LogP contribution in [0.1, 0.15) is 33.1 Å². The second-order valence-electron chi connectivity index (χ2n) is 6.77. The molecule has 7 nitrogen and oxygen atoms in total. The zero-order valence-corrected chi connectivity index (χ0v) is 15.9. The number of methoxy groups -OCH3 is 1. The Morgan fingerprint density at radius 1 is 1.29 bits per heavy atom. The van der Waals surface area contributed by atoms with Crippen molar-refractivity contribution >= 4 is 11.9 Å². The molecule has 0 bridgehead atoms. The molecule has 1 fully saturated rings. The van der Waals surface area contributed by atoms with Crippen LogP contribution in [0.2, 0.25) is 0 Å². The maximum atomic E-state index is 11.9. The molecule has 1 rings (SSSR count). The van der Waals surface area contributed by atoms with Gasteiger partial charge in [-0.1, -0.05) is 0 Å². The number of guanidine groups is 1. The molecule has 0 spiro atoms. The average Bonchev–Trinajstić information content (AvgIpc) is 2.59. The molecule has 0 aromatic heterocycles. The third-order valence-corrected chi connectivity index (χ3v) is 4.33. The lowest BCUT2D eigenvalue weighted by Gasteiger charge is -2.35. The summed E-state index contributed by atoms with van der Waals surface area (Å²) in [6.07, 6.45) is 3.24. The fraction of sp³-hybridized carbons (Fsp3) is 0.882. The van der Waals surface area contributed by atoms with Gasteiger partial charge in [-0.2, -0.15) is 0 Å². The highest BCUT2D eigenvalue weighted by atomic mass is 16.5. The van der Waals surface area contributed by atoms with E-state index in [9.17, 15) is 4.79 Å². The summed E-state index contributed by atoms with van der Waals surface area (Å²) in [5.41, 5.74) is -0.479. The first kappa shape index (κ1) is 20.7. The Labute approximate surface area is 146 Å². The highest BCUT2D eigenvalue weighted by molar-refractivity contribution is 5.84. The fourth-order valence-electron chi connectivity index (χ4n) is 2.74. The van der Waals surface area contributed by atoms with Gasteiger partial charge in [-0.15, -0.1) is 0 Å². The Kier molecular flexibility index (Phi) is 9.07. The third kappa shape index (κ3) is 6.65. The minimum Gasteiger partial charge on any atom is -0.385 e. The quantitative estimate of drug-likeness (QED) is 0.389. The molecular weight excluding hydrogens is 308 g/mol. The Morgan fingerprint density at radius 2 is 1.96 bits per heavy atom. The minimum absolute atomic E-state index is 0.0219. The van der Waals surface area contributed by atoms with E-state index in [1.54, 1.807) is 21.2 Å². The van der Waals surface area contributed by atoms with Crippen LogP contribution in [0.5, 0.6) is 0 Å². The molecule has 0 radical (unpaired) electrons. The molecule has 0 aromatic rings. The number of carbonyl (C=O) groups excluding carboxylic acids is 1. The smallest absolute Gasteiger partial charge is 0.227 e.